The number of benzene rings is 2. The minimum atomic E-state index is -0.306. The molecule has 0 spiro atoms. The quantitative estimate of drug-likeness (QED) is 0.548. The summed E-state index contributed by atoms with van der Waals surface area (Å²) in [5.74, 6) is 3.33. The van der Waals surface area contributed by atoms with Crippen LogP contribution in [0.5, 0.6) is 0 Å². The van der Waals surface area contributed by atoms with Crippen LogP contribution in [0.3, 0.4) is 0 Å². The van der Waals surface area contributed by atoms with Crippen molar-refractivity contribution >= 4 is 17.5 Å². The Kier molecular flexibility index (Phi) is 7.40. The Hall–Kier alpha value is -3.92. The zero-order valence-electron chi connectivity index (χ0n) is 18.5. The van der Waals surface area contributed by atoms with Gasteiger partial charge in [-0.05, 0) is 29.7 Å². The summed E-state index contributed by atoms with van der Waals surface area (Å²) in [4.78, 5) is 30.4. The molecule has 0 saturated heterocycles. The highest BCUT2D eigenvalue weighted by Gasteiger charge is 2.16. The first-order valence-electron chi connectivity index (χ1n) is 10.4. The zero-order chi connectivity index (χ0) is 23.1. The molecular weight excluding hydrogens is 404 g/mol. The minimum Gasteiger partial charge on any atom is -0.339 e. The number of anilines is 1. The van der Waals surface area contributed by atoms with Gasteiger partial charge in [0, 0.05) is 36.7 Å². The van der Waals surface area contributed by atoms with E-state index in [0.717, 1.165) is 5.56 Å². The number of hydrogen-bond acceptors (Lipinski definition) is 5. The maximum absolute atomic E-state index is 12.4. The minimum absolute atomic E-state index is 0.0730. The lowest BCUT2D eigenvalue weighted by Gasteiger charge is -2.16. The molecule has 7 nitrogen and oxygen atoms in total. The summed E-state index contributed by atoms with van der Waals surface area (Å²) in [6.45, 7) is 4.20. The van der Waals surface area contributed by atoms with Gasteiger partial charge in [0.1, 0.15) is 0 Å². The Labute approximate surface area is 187 Å². The lowest BCUT2D eigenvalue weighted by atomic mass is 10.0. The topological polar surface area (TPSA) is 88.3 Å². The normalized spacial score (nSPS) is 10.6. The van der Waals surface area contributed by atoms with Crippen molar-refractivity contribution in [3.63, 3.8) is 0 Å². The Morgan fingerprint density at radius 2 is 1.94 bits per heavy atom. The van der Waals surface area contributed by atoms with Gasteiger partial charge in [-0.1, -0.05) is 55.3 Å². The third-order valence-electron chi connectivity index (χ3n) is 4.98. The second-order valence-electron chi connectivity index (χ2n) is 7.81. The number of aryl methyl sites for hydroxylation is 1. The van der Waals surface area contributed by atoms with Gasteiger partial charge in [0.25, 0.3) is 0 Å². The number of rotatable bonds is 8. The van der Waals surface area contributed by atoms with Gasteiger partial charge in [-0.2, -0.15) is 4.98 Å². The van der Waals surface area contributed by atoms with Gasteiger partial charge in [-0.3, -0.25) is 9.59 Å². The molecule has 0 saturated carbocycles. The highest BCUT2D eigenvalue weighted by Crippen LogP contribution is 2.21. The van der Waals surface area contributed by atoms with E-state index in [1.807, 2.05) is 24.3 Å². The highest BCUT2D eigenvalue weighted by atomic mass is 16.5. The van der Waals surface area contributed by atoms with Gasteiger partial charge in [0.05, 0.1) is 6.54 Å². The summed E-state index contributed by atoms with van der Waals surface area (Å²) in [5.41, 5.74) is 3.35. The third kappa shape index (κ3) is 6.05. The molecule has 1 heterocycles. The van der Waals surface area contributed by atoms with Crippen LogP contribution >= 0.6 is 0 Å². The number of terminal acetylenes is 1. The lowest BCUT2D eigenvalue weighted by molar-refractivity contribution is -0.133. The molecule has 0 radical (unpaired) electrons. The van der Waals surface area contributed by atoms with E-state index >= 15 is 0 Å². The molecule has 0 unspecified atom stereocenters. The molecule has 32 heavy (non-hydrogen) atoms. The smallest absolute Gasteiger partial charge is 0.243 e. The highest BCUT2D eigenvalue weighted by molar-refractivity contribution is 5.94. The van der Waals surface area contributed by atoms with Gasteiger partial charge in [0.15, 0.2) is 0 Å². The number of aromatic nitrogens is 2. The van der Waals surface area contributed by atoms with Gasteiger partial charge in [-0.15, -0.1) is 6.42 Å². The Morgan fingerprint density at radius 3 is 2.62 bits per heavy atom. The first-order valence-corrected chi connectivity index (χ1v) is 10.4. The summed E-state index contributed by atoms with van der Waals surface area (Å²) in [6, 6.07) is 15.0. The van der Waals surface area contributed by atoms with Crippen molar-refractivity contribution in [3.8, 4) is 23.7 Å². The number of carbonyl (C=O) groups is 2. The maximum atomic E-state index is 12.4. The largest absolute Gasteiger partial charge is 0.339 e. The SMILES string of the molecule is C#Cc1cccc(NC(=O)CN(C)C(=O)CCc2nc(-c3ccc(C(C)C)cc3)no2)c1. The molecule has 2 amide bonds. The van der Waals surface area contributed by atoms with Crippen LogP contribution < -0.4 is 5.32 Å². The Balaban J connectivity index is 1.49. The average Bonchev–Trinajstić information content (AvgIpc) is 3.26. The van der Waals surface area contributed by atoms with Crippen LogP contribution in [0, 0.1) is 12.3 Å². The Morgan fingerprint density at radius 1 is 1.19 bits per heavy atom. The predicted molar refractivity (Wildman–Crippen MR) is 123 cm³/mol. The van der Waals surface area contributed by atoms with Crippen LogP contribution in [-0.2, 0) is 16.0 Å². The predicted octanol–water partition coefficient (Wildman–Crippen LogP) is 3.87. The average molecular weight is 431 g/mol. The van der Waals surface area contributed by atoms with Crippen molar-refractivity contribution in [1.29, 1.82) is 0 Å². The van der Waals surface area contributed by atoms with Crippen LogP contribution in [-0.4, -0.2) is 40.4 Å². The molecule has 0 aliphatic carbocycles. The van der Waals surface area contributed by atoms with E-state index in [4.69, 9.17) is 10.9 Å². The molecule has 0 atom stereocenters. The van der Waals surface area contributed by atoms with Crippen molar-refractivity contribution in [2.75, 3.05) is 18.9 Å². The molecule has 0 aliphatic heterocycles. The molecule has 1 N–H and O–H groups in total. The molecule has 3 rings (SSSR count). The van der Waals surface area contributed by atoms with Crippen LogP contribution in [0.15, 0.2) is 53.1 Å². The van der Waals surface area contributed by atoms with E-state index in [2.05, 4.69) is 35.2 Å². The maximum Gasteiger partial charge on any atom is 0.243 e. The fraction of sp³-hybridized carbons (Fsp3) is 0.280. The fourth-order valence-corrected chi connectivity index (χ4v) is 3.09. The van der Waals surface area contributed by atoms with E-state index in [-0.39, 0.29) is 24.8 Å². The van der Waals surface area contributed by atoms with E-state index in [0.29, 0.717) is 35.3 Å². The monoisotopic (exact) mass is 430 g/mol. The summed E-state index contributed by atoms with van der Waals surface area (Å²) >= 11 is 0. The van der Waals surface area contributed by atoms with Crippen LogP contribution in [0.2, 0.25) is 0 Å². The fourth-order valence-electron chi connectivity index (χ4n) is 3.09. The summed E-state index contributed by atoms with van der Waals surface area (Å²) in [5, 5.41) is 6.74. The summed E-state index contributed by atoms with van der Waals surface area (Å²) < 4.78 is 5.28. The molecule has 1 aromatic heterocycles. The van der Waals surface area contributed by atoms with Gasteiger partial charge in [-0.25, -0.2) is 0 Å². The van der Waals surface area contributed by atoms with Crippen molar-refractivity contribution < 1.29 is 14.1 Å². The summed E-state index contributed by atoms with van der Waals surface area (Å²) in [7, 11) is 1.58. The van der Waals surface area contributed by atoms with E-state index in [1.54, 1.807) is 31.3 Å². The number of amides is 2. The van der Waals surface area contributed by atoms with E-state index in [9.17, 15) is 9.59 Å². The van der Waals surface area contributed by atoms with E-state index in [1.165, 1.54) is 10.5 Å². The molecule has 0 bridgehead atoms. The number of nitrogens with one attached hydrogen (secondary N) is 1. The number of carbonyl (C=O) groups excluding carboxylic acids is 2. The molecule has 2 aromatic carbocycles. The van der Waals surface area contributed by atoms with Gasteiger partial charge in [0.2, 0.25) is 23.5 Å². The lowest BCUT2D eigenvalue weighted by Crippen LogP contribution is -2.35. The molecule has 0 aliphatic rings. The number of hydrogen-bond donors (Lipinski definition) is 1. The molecule has 164 valence electrons. The van der Waals surface area contributed by atoms with E-state index < -0.39 is 0 Å². The van der Waals surface area contributed by atoms with Crippen molar-refractivity contribution in [2.45, 2.75) is 32.6 Å². The number of nitrogens with zero attached hydrogens (tertiary/aromatic N) is 3. The second-order valence-corrected chi connectivity index (χ2v) is 7.81. The molecule has 0 fully saturated rings. The van der Waals surface area contributed by atoms with Crippen molar-refractivity contribution in [3.05, 3.63) is 65.5 Å². The Bertz CT molecular complexity index is 1130. The van der Waals surface area contributed by atoms with Crippen LogP contribution in [0.1, 0.15) is 43.2 Å². The third-order valence-corrected chi connectivity index (χ3v) is 4.98. The molecular formula is C25H26N4O3. The second kappa shape index (κ2) is 10.4. The van der Waals surface area contributed by atoms with Crippen molar-refractivity contribution in [1.82, 2.24) is 15.0 Å². The first kappa shape index (κ1) is 22.8. The van der Waals surface area contributed by atoms with Crippen LogP contribution in [0.25, 0.3) is 11.4 Å². The number of likely N-dealkylation sites (N-methyl/N-ethyl adjacent to an activating group) is 1. The zero-order valence-corrected chi connectivity index (χ0v) is 18.5. The molecule has 3 aromatic rings. The van der Waals surface area contributed by atoms with Crippen molar-refractivity contribution in [2.24, 2.45) is 0 Å². The first-order chi connectivity index (χ1) is 15.4. The van der Waals surface area contributed by atoms with Crippen LogP contribution in [0.4, 0.5) is 5.69 Å². The van der Waals surface area contributed by atoms with Gasteiger partial charge < -0.3 is 14.7 Å². The summed E-state index contributed by atoms with van der Waals surface area (Å²) in [6.07, 6.45) is 5.82. The van der Waals surface area contributed by atoms with Gasteiger partial charge >= 0.3 is 0 Å². The standard InChI is InChI=1S/C25H26N4O3/c1-5-18-7-6-8-21(15-18)26-22(30)16-29(4)24(31)14-13-23-27-25(28-32-23)20-11-9-19(10-12-20)17(2)3/h1,6-12,15,17H,13-14,16H2,2-4H3,(H,26,30). The molecule has 7 heteroatoms.